The first-order valence-electron chi connectivity index (χ1n) is 9.74. The molecular formula is C19H26F6N2O5S. The summed E-state index contributed by atoms with van der Waals surface area (Å²) in [5, 5.41) is 18.7. The molecule has 3 heterocycles. The molecule has 3 rings (SSSR count). The summed E-state index contributed by atoms with van der Waals surface area (Å²) < 4.78 is 69.5. The van der Waals surface area contributed by atoms with E-state index in [0.717, 1.165) is 19.7 Å². The van der Waals surface area contributed by atoms with Crippen molar-refractivity contribution in [2.24, 2.45) is 5.92 Å². The van der Waals surface area contributed by atoms with E-state index in [1.807, 2.05) is 0 Å². The van der Waals surface area contributed by atoms with E-state index in [-0.39, 0.29) is 0 Å². The number of thiophene rings is 1. The van der Waals surface area contributed by atoms with Gasteiger partial charge < -0.3 is 19.8 Å². The number of hydrogen-bond acceptors (Lipinski definition) is 6. The minimum absolute atomic E-state index is 0.447. The van der Waals surface area contributed by atoms with Crippen LogP contribution in [0.2, 0.25) is 0 Å². The Hall–Kier alpha value is -1.90. The number of rotatable bonds is 3. The maximum absolute atomic E-state index is 10.6. The van der Waals surface area contributed by atoms with Gasteiger partial charge >= 0.3 is 24.3 Å². The van der Waals surface area contributed by atoms with E-state index in [4.69, 9.17) is 24.5 Å². The van der Waals surface area contributed by atoms with E-state index in [0.29, 0.717) is 18.1 Å². The summed E-state index contributed by atoms with van der Waals surface area (Å²) in [5.74, 6) is -4.80. The topological polar surface area (TPSA) is 90.3 Å². The first kappa shape index (κ1) is 29.1. The predicted octanol–water partition coefficient (Wildman–Crippen LogP) is 3.56. The lowest BCUT2D eigenvalue weighted by Gasteiger charge is -2.48. The molecule has 14 heteroatoms. The normalized spacial score (nSPS) is 23.5. The number of halogens is 6. The molecule has 1 aromatic rings. The quantitative estimate of drug-likeness (QED) is 0.604. The van der Waals surface area contributed by atoms with Gasteiger partial charge in [-0.3, -0.25) is 4.90 Å². The van der Waals surface area contributed by atoms with Crippen LogP contribution in [0.1, 0.15) is 18.4 Å². The molecule has 2 aliphatic rings. The third kappa shape index (κ3) is 10.3. The number of piperidine rings is 1. The highest BCUT2D eigenvalue weighted by Crippen LogP contribution is 2.31. The Morgan fingerprint density at radius 3 is 2.09 bits per heavy atom. The van der Waals surface area contributed by atoms with Crippen LogP contribution in [-0.4, -0.2) is 90.2 Å². The zero-order valence-corrected chi connectivity index (χ0v) is 18.7. The zero-order valence-electron chi connectivity index (χ0n) is 17.9. The smallest absolute Gasteiger partial charge is 0.475 e. The largest absolute Gasteiger partial charge is 0.490 e. The average Bonchev–Trinajstić information content (AvgIpc) is 3.19. The summed E-state index contributed by atoms with van der Waals surface area (Å²) in [6, 6.07) is 2.79. The van der Waals surface area contributed by atoms with Gasteiger partial charge in [-0.25, -0.2) is 9.59 Å². The third-order valence-electron chi connectivity index (χ3n) is 4.95. The first-order valence-corrected chi connectivity index (χ1v) is 10.7. The van der Waals surface area contributed by atoms with Crippen molar-refractivity contribution in [3.8, 4) is 0 Å². The summed E-state index contributed by atoms with van der Waals surface area (Å²) in [5.41, 5.74) is 1.46. The maximum Gasteiger partial charge on any atom is 0.490 e. The van der Waals surface area contributed by atoms with Crippen LogP contribution >= 0.6 is 11.3 Å². The van der Waals surface area contributed by atoms with Crippen LogP contribution in [0, 0.1) is 5.92 Å². The van der Waals surface area contributed by atoms with E-state index in [1.54, 1.807) is 11.3 Å². The highest BCUT2D eigenvalue weighted by molar-refractivity contribution is 7.07. The van der Waals surface area contributed by atoms with Gasteiger partial charge in [0.05, 0.1) is 6.10 Å². The van der Waals surface area contributed by atoms with Crippen molar-refractivity contribution < 1.29 is 50.9 Å². The van der Waals surface area contributed by atoms with Gasteiger partial charge in [-0.1, -0.05) is 0 Å². The summed E-state index contributed by atoms with van der Waals surface area (Å²) in [7, 11) is 4.38. The number of carboxylic acids is 2. The average molecular weight is 508 g/mol. The molecule has 1 aromatic heterocycles. The summed E-state index contributed by atoms with van der Waals surface area (Å²) in [6.45, 7) is 4.38. The third-order valence-corrected chi connectivity index (χ3v) is 5.68. The molecule has 190 valence electrons. The summed E-state index contributed by atoms with van der Waals surface area (Å²) in [4.78, 5) is 22.8. The highest BCUT2D eigenvalue weighted by atomic mass is 32.1. The lowest BCUT2D eigenvalue weighted by molar-refractivity contribution is -0.193. The van der Waals surface area contributed by atoms with Crippen molar-refractivity contribution in [2.75, 3.05) is 33.8 Å². The molecule has 0 aliphatic carbocycles. The van der Waals surface area contributed by atoms with Crippen molar-refractivity contribution >= 4 is 23.3 Å². The fraction of sp³-hybridized carbons (Fsp3) is 0.684. The van der Waals surface area contributed by atoms with Gasteiger partial charge in [0.25, 0.3) is 0 Å². The van der Waals surface area contributed by atoms with Crippen LogP contribution in [0.15, 0.2) is 16.8 Å². The fourth-order valence-electron chi connectivity index (χ4n) is 3.49. The van der Waals surface area contributed by atoms with E-state index in [1.165, 1.54) is 24.9 Å². The van der Waals surface area contributed by atoms with E-state index in [9.17, 15) is 26.3 Å². The van der Waals surface area contributed by atoms with Gasteiger partial charge in [0.15, 0.2) is 0 Å². The number of fused-ring (bicyclic) bond motifs is 1. The molecule has 3 atom stereocenters. The van der Waals surface area contributed by atoms with Crippen LogP contribution in [0.4, 0.5) is 26.3 Å². The molecule has 2 fully saturated rings. The second kappa shape index (κ2) is 12.5. The number of hydrogen-bond donors (Lipinski definition) is 2. The predicted molar refractivity (Wildman–Crippen MR) is 107 cm³/mol. The van der Waals surface area contributed by atoms with E-state index >= 15 is 0 Å². The molecule has 0 amide bonds. The lowest BCUT2D eigenvalue weighted by Crippen LogP contribution is -2.59. The number of ether oxygens (including phenoxy) is 1. The van der Waals surface area contributed by atoms with Crippen molar-refractivity contribution in [1.29, 1.82) is 0 Å². The molecule has 0 radical (unpaired) electrons. The molecule has 0 saturated carbocycles. The first-order chi connectivity index (χ1) is 15.1. The number of nitrogens with zero attached hydrogens (tertiary/aromatic N) is 2. The Kier molecular flexibility index (Phi) is 11.1. The van der Waals surface area contributed by atoms with Crippen LogP contribution < -0.4 is 0 Å². The molecule has 2 saturated heterocycles. The Labute approximate surface area is 190 Å². The Morgan fingerprint density at radius 2 is 1.67 bits per heavy atom. The molecular weight excluding hydrogens is 482 g/mol. The number of alkyl halides is 6. The second-order valence-corrected chi connectivity index (χ2v) is 8.48. The number of aliphatic carboxylic acids is 2. The monoisotopic (exact) mass is 508 g/mol. The van der Waals surface area contributed by atoms with Crippen LogP contribution in [0.25, 0.3) is 0 Å². The van der Waals surface area contributed by atoms with Gasteiger partial charge in [-0.15, -0.1) is 0 Å². The van der Waals surface area contributed by atoms with Crippen molar-refractivity contribution in [2.45, 2.75) is 43.9 Å². The molecule has 0 aromatic carbocycles. The standard InChI is InChI=1S/C15H24N2OS.2C2HF3O2/c1-16(2)14-10-17(8-12-5-7-19-11-12)9-13-4-3-6-18-15(13)14;2*3-2(4,5)1(6)7/h5,7,11,13-15H,3-4,6,8-10H2,1-2H3;2*(H,6,7)/t13-,14+,15-;;/m0../s1. The molecule has 0 bridgehead atoms. The van der Waals surface area contributed by atoms with Crippen molar-refractivity contribution in [3.05, 3.63) is 22.4 Å². The van der Waals surface area contributed by atoms with E-state index < -0.39 is 24.3 Å². The molecule has 0 unspecified atom stereocenters. The second-order valence-electron chi connectivity index (χ2n) is 7.70. The SMILES string of the molecule is CN(C)[C@@H]1CN(Cc2ccsc2)C[C@@H]2CCCO[C@@H]21.O=C(O)C(F)(F)F.O=C(O)C(F)(F)F. The molecule has 2 N–H and O–H groups in total. The highest BCUT2D eigenvalue weighted by Gasteiger charge is 2.40. The molecule has 33 heavy (non-hydrogen) atoms. The van der Waals surface area contributed by atoms with Gasteiger partial charge in [0, 0.05) is 32.3 Å². The minimum Gasteiger partial charge on any atom is -0.475 e. The van der Waals surface area contributed by atoms with Crippen LogP contribution in [0.5, 0.6) is 0 Å². The fourth-order valence-corrected chi connectivity index (χ4v) is 4.15. The summed E-state index contributed by atoms with van der Waals surface area (Å²) >= 11 is 1.80. The number of carbonyl (C=O) groups is 2. The molecule has 2 aliphatic heterocycles. The number of likely N-dealkylation sites (N-methyl/N-ethyl adjacent to an activating group) is 1. The van der Waals surface area contributed by atoms with Gasteiger partial charge in [-0.05, 0) is 55.2 Å². The maximum atomic E-state index is 10.6. The van der Waals surface area contributed by atoms with Gasteiger partial charge in [0.2, 0.25) is 0 Å². The number of likely N-dealkylation sites (tertiary alicyclic amines) is 1. The number of carboxylic acid groups (broad SMARTS) is 2. The van der Waals surface area contributed by atoms with Gasteiger partial charge in [-0.2, -0.15) is 37.7 Å². The Morgan fingerprint density at radius 1 is 1.12 bits per heavy atom. The van der Waals surface area contributed by atoms with Crippen LogP contribution in [0.3, 0.4) is 0 Å². The van der Waals surface area contributed by atoms with E-state index in [2.05, 4.69) is 40.7 Å². The molecule has 7 nitrogen and oxygen atoms in total. The van der Waals surface area contributed by atoms with Gasteiger partial charge in [0.1, 0.15) is 0 Å². The molecule has 0 spiro atoms. The lowest BCUT2D eigenvalue weighted by atomic mass is 9.85. The van der Waals surface area contributed by atoms with Crippen molar-refractivity contribution in [1.82, 2.24) is 9.80 Å². The Bertz CT molecular complexity index is 718. The Balaban J connectivity index is 0.000000324. The zero-order chi connectivity index (χ0) is 25.4. The van der Waals surface area contributed by atoms with Crippen molar-refractivity contribution in [3.63, 3.8) is 0 Å². The van der Waals surface area contributed by atoms with Crippen LogP contribution in [-0.2, 0) is 20.9 Å². The summed E-state index contributed by atoms with van der Waals surface area (Å²) in [6.07, 6.45) is -7.16. The minimum atomic E-state index is -5.08.